The highest BCUT2D eigenvalue weighted by atomic mass is 32.1. The Hall–Kier alpha value is -1.36. The second kappa shape index (κ2) is 5.44. The highest BCUT2D eigenvalue weighted by molar-refractivity contribution is 7.10. The third-order valence-electron chi connectivity index (χ3n) is 4.62. The number of hydrogen-bond donors (Lipinski definition) is 1. The maximum Gasteiger partial charge on any atom is 0.249 e. The van der Waals surface area contributed by atoms with Crippen molar-refractivity contribution >= 4 is 23.2 Å². The lowest BCUT2D eigenvalue weighted by molar-refractivity contribution is -0.153. The first-order chi connectivity index (χ1) is 10.1. The molecule has 1 aliphatic carbocycles. The third-order valence-corrected chi connectivity index (χ3v) is 5.60. The van der Waals surface area contributed by atoms with Crippen molar-refractivity contribution in [2.75, 3.05) is 6.54 Å². The summed E-state index contributed by atoms with van der Waals surface area (Å²) in [7, 11) is 0. The minimum Gasteiger partial charge on any atom is -0.340 e. The summed E-state index contributed by atoms with van der Waals surface area (Å²) in [6.07, 6.45) is 3.97. The monoisotopic (exact) mass is 306 g/mol. The van der Waals surface area contributed by atoms with E-state index in [2.05, 4.69) is 18.3 Å². The predicted octanol–water partition coefficient (Wildman–Crippen LogP) is 2.72. The van der Waals surface area contributed by atoms with Crippen LogP contribution in [0.25, 0.3) is 0 Å². The topological polar surface area (TPSA) is 49.4 Å². The van der Waals surface area contributed by atoms with Gasteiger partial charge in [-0.3, -0.25) is 9.59 Å². The number of hydrogen-bond acceptors (Lipinski definition) is 3. The Morgan fingerprint density at radius 3 is 2.81 bits per heavy atom. The van der Waals surface area contributed by atoms with E-state index in [0.717, 1.165) is 25.7 Å². The summed E-state index contributed by atoms with van der Waals surface area (Å²) in [4.78, 5) is 28.1. The molecule has 1 saturated heterocycles. The molecule has 2 aliphatic rings. The Morgan fingerprint density at radius 1 is 1.48 bits per heavy atom. The van der Waals surface area contributed by atoms with Crippen molar-refractivity contribution in [3.8, 4) is 0 Å². The van der Waals surface area contributed by atoms with E-state index in [9.17, 15) is 9.59 Å². The first-order valence-electron chi connectivity index (χ1n) is 7.71. The molecule has 5 heteroatoms. The van der Waals surface area contributed by atoms with E-state index in [-0.39, 0.29) is 24.4 Å². The van der Waals surface area contributed by atoms with Crippen molar-refractivity contribution in [2.45, 2.75) is 51.1 Å². The van der Waals surface area contributed by atoms with E-state index in [0.29, 0.717) is 5.92 Å². The molecule has 0 bridgehead atoms. The zero-order valence-corrected chi connectivity index (χ0v) is 13.4. The molecule has 0 spiro atoms. The number of carbonyl (C=O) groups excluding carboxylic acids is 2. The van der Waals surface area contributed by atoms with Gasteiger partial charge in [-0.2, -0.15) is 0 Å². The molecule has 2 atom stereocenters. The SMILES string of the molecule is CCCC(c1cccs1)N1CC(=O)NC(C)(C2CC2)C1=O. The van der Waals surface area contributed by atoms with E-state index in [1.165, 1.54) is 4.88 Å². The van der Waals surface area contributed by atoms with Crippen LogP contribution in [0.15, 0.2) is 17.5 Å². The van der Waals surface area contributed by atoms with Crippen LogP contribution in [0.4, 0.5) is 0 Å². The van der Waals surface area contributed by atoms with Gasteiger partial charge in [-0.15, -0.1) is 11.3 Å². The van der Waals surface area contributed by atoms with Crippen molar-refractivity contribution in [2.24, 2.45) is 5.92 Å². The summed E-state index contributed by atoms with van der Waals surface area (Å²) in [5.74, 6) is 0.375. The first-order valence-corrected chi connectivity index (χ1v) is 8.59. The van der Waals surface area contributed by atoms with Gasteiger partial charge in [0.05, 0.1) is 6.04 Å². The van der Waals surface area contributed by atoms with Crippen LogP contribution >= 0.6 is 11.3 Å². The van der Waals surface area contributed by atoms with Gasteiger partial charge in [-0.25, -0.2) is 0 Å². The molecule has 4 nitrogen and oxygen atoms in total. The van der Waals surface area contributed by atoms with Crippen LogP contribution < -0.4 is 5.32 Å². The molecular weight excluding hydrogens is 284 g/mol. The second-order valence-corrected chi connectivity index (χ2v) is 7.26. The smallest absolute Gasteiger partial charge is 0.249 e. The van der Waals surface area contributed by atoms with E-state index in [4.69, 9.17) is 0 Å². The van der Waals surface area contributed by atoms with Crippen molar-refractivity contribution in [3.63, 3.8) is 0 Å². The van der Waals surface area contributed by atoms with Gasteiger partial charge in [0.25, 0.3) is 0 Å². The predicted molar refractivity (Wildman–Crippen MR) is 83.0 cm³/mol. The standard InChI is InChI=1S/C16H22N2O2S/c1-3-5-12(13-6-4-9-21-13)18-10-14(19)17-16(2,15(18)20)11-7-8-11/h4,6,9,11-12H,3,5,7-8,10H2,1-2H3,(H,17,19). The molecular formula is C16H22N2O2S. The maximum atomic E-state index is 13.0. The Bertz CT molecular complexity index is 538. The van der Waals surface area contributed by atoms with E-state index >= 15 is 0 Å². The van der Waals surface area contributed by atoms with Gasteiger partial charge >= 0.3 is 0 Å². The highest BCUT2D eigenvalue weighted by Gasteiger charge is 2.53. The van der Waals surface area contributed by atoms with Gasteiger partial charge in [0, 0.05) is 4.88 Å². The molecule has 2 fully saturated rings. The lowest BCUT2D eigenvalue weighted by atomic mass is 9.90. The summed E-state index contributed by atoms with van der Waals surface area (Å²) in [5.41, 5.74) is -0.696. The van der Waals surface area contributed by atoms with Gasteiger partial charge in [-0.1, -0.05) is 19.4 Å². The van der Waals surface area contributed by atoms with Crippen molar-refractivity contribution in [1.29, 1.82) is 0 Å². The molecule has 3 rings (SSSR count). The van der Waals surface area contributed by atoms with E-state index < -0.39 is 5.54 Å². The Kier molecular flexibility index (Phi) is 3.78. The van der Waals surface area contributed by atoms with Gasteiger partial charge in [0.2, 0.25) is 11.8 Å². The molecule has 1 aromatic rings. The summed E-state index contributed by atoms with van der Waals surface area (Å²) < 4.78 is 0. The molecule has 1 aromatic heterocycles. The summed E-state index contributed by atoms with van der Waals surface area (Å²) in [6, 6.07) is 4.11. The van der Waals surface area contributed by atoms with Crippen LogP contribution in [0.2, 0.25) is 0 Å². The highest BCUT2D eigenvalue weighted by Crippen LogP contribution is 2.43. The lowest BCUT2D eigenvalue weighted by Crippen LogP contribution is -2.66. The normalized spacial score (nSPS) is 27.6. The molecule has 1 N–H and O–H groups in total. The molecule has 0 aromatic carbocycles. The number of nitrogens with one attached hydrogen (secondary N) is 1. The summed E-state index contributed by atoms with van der Waals surface area (Å²) in [5, 5.41) is 4.98. The van der Waals surface area contributed by atoms with Gasteiger partial charge in [-0.05, 0) is 43.6 Å². The largest absolute Gasteiger partial charge is 0.340 e. The Labute approximate surface area is 129 Å². The molecule has 0 radical (unpaired) electrons. The molecule has 1 aliphatic heterocycles. The fourth-order valence-electron chi connectivity index (χ4n) is 3.30. The summed E-state index contributed by atoms with van der Waals surface area (Å²) in [6.45, 7) is 4.20. The second-order valence-electron chi connectivity index (χ2n) is 6.28. The fourth-order valence-corrected chi connectivity index (χ4v) is 4.18. The van der Waals surface area contributed by atoms with E-state index in [1.54, 1.807) is 11.3 Å². The maximum absolute atomic E-state index is 13.0. The molecule has 114 valence electrons. The van der Waals surface area contributed by atoms with Crippen molar-refractivity contribution < 1.29 is 9.59 Å². The number of nitrogens with zero attached hydrogens (tertiary/aromatic N) is 1. The van der Waals surface area contributed by atoms with Crippen LogP contribution in [-0.4, -0.2) is 28.8 Å². The van der Waals surface area contributed by atoms with Crippen molar-refractivity contribution in [1.82, 2.24) is 10.2 Å². The van der Waals surface area contributed by atoms with Crippen LogP contribution in [0.3, 0.4) is 0 Å². The number of carbonyl (C=O) groups is 2. The van der Waals surface area contributed by atoms with Crippen LogP contribution in [0.1, 0.15) is 50.4 Å². The van der Waals surface area contributed by atoms with Gasteiger partial charge in [0.1, 0.15) is 12.1 Å². The number of rotatable bonds is 5. The van der Waals surface area contributed by atoms with Crippen LogP contribution in [-0.2, 0) is 9.59 Å². The zero-order valence-electron chi connectivity index (χ0n) is 12.6. The van der Waals surface area contributed by atoms with Gasteiger partial charge < -0.3 is 10.2 Å². The number of piperazine rings is 1. The average molecular weight is 306 g/mol. The molecule has 1 saturated carbocycles. The lowest BCUT2D eigenvalue weighted by Gasteiger charge is -2.43. The van der Waals surface area contributed by atoms with E-state index in [1.807, 2.05) is 23.3 Å². The number of amides is 2. The fraction of sp³-hybridized carbons (Fsp3) is 0.625. The number of thiophene rings is 1. The molecule has 21 heavy (non-hydrogen) atoms. The Balaban J connectivity index is 1.91. The minimum atomic E-state index is -0.696. The Morgan fingerprint density at radius 2 is 2.24 bits per heavy atom. The molecule has 2 amide bonds. The average Bonchev–Trinajstić information content (AvgIpc) is 3.18. The van der Waals surface area contributed by atoms with Gasteiger partial charge in [0.15, 0.2) is 0 Å². The zero-order chi connectivity index (χ0) is 15.0. The first kappa shape index (κ1) is 14.6. The molecule has 2 heterocycles. The van der Waals surface area contributed by atoms with Crippen molar-refractivity contribution in [3.05, 3.63) is 22.4 Å². The van der Waals surface area contributed by atoms with Crippen LogP contribution in [0.5, 0.6) is 0 Å². The minimum absolute atomic E-state index is 0.0262. The van der Waals surface area contributed by atoms with Crippen LogP contribution in [0, 0.1) is 5.92 Å². The quantitative estimate of drug-likeness (QED) is 0.909. The molecule has 2 unspecified atom stereocenters. The summed E-state index contributed by atoms with van der Waals surface area (Å²) >= 11 is 1.67. The third kappa shape index (κ3) is 2.59.